The van der Waals surface area contributed by atoms with Crippen molar-refractivity contribution in [2.75, 3.05) is 51.3 Å². The predicted octanol–water partition coefficient (Wildman–Crippen LogP) is 3.48. The van der Waals surface area contributed by atoms with E-state index in [2.05, 4.69) is 22.0 Å². The fourth-order valence-electron chi connectivity index (χ4n) is 4.07. The largest absolute Gasteiger partial charge is 0.497 e. The lowest BCUT2D eigenvalue weighted by molar-refractivity contribution is -0.142. The van der Waals surface area contributed by atoms with Crippen molar-refractivity contribution in [3.05, 3.63) is 36.4 Å². The number of benzene rings is 1. The molecule has 8 heteroatoms. The van der Waals surface area contributed by atoms with Crippen LogP contribution in [0.15, 0.2) is 36.4 Å². The molecular formula is C26H37N5O3. The Balaban J connectivity index is 1.60. The number of nitrogens with zero attached hydrogens (tertiary/aromatic N) is 5. The Kier molecular flexibility index (Phi) is 9.24. The maximum Gasteiger partial charge on any atom is 0.242 e. The molecule has 1 aromatic carbocycles. The zero-order valence-electron chi connectivity index (χ0n) is 20.9. The van der Waals surface area contributed by atoms with E-state index < -0.39 is 0 Å². The number of amides is 2. The van der Waals surface area contributed by atoms with Crippen molar-refractivity contribution in [2.45, 2.75) is 40.0 Å². The van der Waals surface area contributed by atoms with Gasteiger partial charge in [0, 0.05) is 44.2 Å². The number of hydrogen-bond donors (Lipinski definition) is 0. The number of unbranched alkanes of at least 4 members (excludes halogenated alkanes) is 1. The van der Waals surface area contributed by atoms with Crippen molar-refractivity contribution in [2.24, 2.45) is 5.92 Å². The quantitative estimate of drug-likeness (QED) is 0.562. The Hall–Kier alpha value is -3.16. The molecule has 1 aliphatic heterocycles. The van der Waals surface area contributed by atoms with Gasteiger partial charge >= 0.3 is 0 Å². The van der Waals surface area contributed by atoms with E-state index in [4.69, 9.17) is 4.74 Å². The number of aromatic nitrogens is 2. The second-order valence-corrected chi connectivity index (χ2v) is 9.00. The first kappa shape index (κ1) is 25.5. The van der Waals surface area contributed by atoms with Crippen LogP contribution in [0.25, 0.3) is 11.3 Å². The molecule has 1 aliphatic rings. The van der Waals surface area contributed by atoms with Crippen LogP contribution in [0.5, 0.6) is 5.75 Å². The van der Waals surface area contributed by atoms with Crippen LogP contribution in [0.3, 0.4) is 0 Å². The highest BCUT2D eigenvalue weighted by molar-refractivity contribution is 5.85. The minimum atomic E-state index is -0.109. The summed E-state index contributed by atoms with van der Waals surface area (Å²) in [6, 6.07) is 11.7. The molecule has 0 N–H and O–H groups in total. The van der Waals surface area contributed by atoms with Crippen LogP contribution in [-0.2, 0) is 9.59 Å². The second-order valence-electron chi connectivity index (χ2n) is 9.00. The predicted molar refractivity (Wildman–Crippen MR) is 134 cm³/mol. The summed E-state index contributed by atoms with van der Waals surface area (Å²) in [5.74, 6) is 1.54. The molecule has 34 heavy (non-hydrogen) atoms. The van der Waals surface area contributed by atoms with Gasteiger partial charge in [-0.2, -0.15) is 0 Å². The summed E-state index contributed by atoms with van der Waals surface area (Å²) in [6.45, 7) is 9.44. The smallest absolute Gasteiger partial charge is 0.242 e. The Bertz CT molecular complexity index is 948. The first-order chi connectivity index (χ1) is 16.4. The van der Waals surface area contributed by atoms with Gasteiger partial charge in [-0.25, -0.2) is 0 Å². The molecule has 3 rings (SSSR count). The van der Waals surface area contributed by atoms with E-state index in [1.165, 1.54) is 0 Å². The SMILES string of the molecule is CCCCN(CC(=O)N1CCCN(c2ccc(-c3cccc(OC)c3)nn2)CC1)C(=O)C(C)C. The van der Waals surface area contributed by atoms with Crippen LogP contribution in [0.1, 0.15) is 40.0 Å². The first-order valence-electron chi connectivity index (χ1n) is 12.2. The van der Waals surface area contributed by atoms with E-state index in [0.29, 0.717) is 26.2 Å². The van der Waals surface area contributed by atoms with Gasteiger partial charge in [0.05, 0.1) is 19.3 Å². The zero-order chi connectivity index (χ0) is 24.5. The summed E-state index contributed by atoms with van der Waals surface area (Å²) in [7, 11) is 1.65. The standard InChI is InChI=1S/C26H37N5O3/c1-5-6-13-31(26(33)20(2)3)19-25(32)30-15-8-14-29(16-17-30)24-12-11-23(27-28-24)21-9-7-10-22(18-21)34-4/h7,9-12,18,20H,5-6,8,13-17,19H2,1-4H3. The van der Waals surface area contributed by atoms with E-state index in [1.54, 1.807) is 12.0 Å². The van der Waals surface area contributed by atoms with E-state index in [0.717, 1.165) is 48.6 Å². The fourth-order valence-corrected chi connectivity index (χ4v) is 4.07. The van der Waals surface area contributed by atoms with Crippen molar-refractivity contribution < 1.29 is 14.3 Å². The molecule has 0 unspecified atom stereocenters. The minimum Gasteiger partial charge on any atom is -0.497 e. The number of methoxy groups -OCH3 is 1. The average molecular weight is 468 g/mol. The minimum absolute atomic E-state index is 0.0198. The fraction of sp³-hybridized carbons (Fsp3) is 0.538. The molecule has 8 nitrogen and oxygen atoms in total. The number of carbonyl (C=O) groups excluding carboxylic acids is 2. The van der Waals surface area contributed by atoms with E-state index in [1.807, 2.05) is 55.1 Å². The summed E-state index contributed by atoms with van der Waals surface area (Å²) in [5.41, 5.74) is 1.74. The number of carbonyl (C=O) groups is 2. The lowest BCUT2D eigenvalue weighted by Crippen LogP contribution is -2.45. The summed E-state index contributed by atoms with van der Waals surface area (Å²) in [5, 5.41) is 8.87. The average Bonchev–Trinajstić information content (AvgIpc) is 3.12. The zero-order valence-corrected chi connectivity index (χ0v) is 20.9. The highest BCUT2D eigenvalue weighted by atomic mass is 16.5. The van der Waals surface area contributed by atoms with Crippen LogP contribution in [-0.4, -0.2) is 78.2 Å². The van der Waals surface area contributed by atoms with Crippen LogP contribution < -0.4 is 9.64 Å². The van der Waals surface area contributed by atoms with Crippen molar-refractivity contribution in [3.63, 3.8) is 0 Å². The van der Waals surface area contributed by atoms with E-state index in [9.17, 15) is 9.59 Å². The maximum absolute atomic E-state index is 13.0. The first-order valence-corrected chi connectivity index (χ1v) is 12.2. The van der Waals surface area contributed by atoms with E-state index >= 15 is 0 Å². The van der Waals surface area contributed by atoms with Crippen molar-refractivity contribution in [1.29, 1.82) is 0 Å². The Morgan fingerprint density at radius 3 is 2.59 bits per heavy atom. The molecule has 0 aliphatic carbocycles. The lowest BCUT2D eigenvalue weighted by Gasteiger charge is -2.28. The maximum atomic E-state index is 13.0. The second kappa shape index (κ2) is 12.3. The van der Waals surface area contributed by atoms with Crippen LogP contribution >= 0.6 is 0 Å². The number of anilines is 1. The molecule has 184 valence electrons. The van der Waals surface area contributed by atoms with E-state index in [-0.39, 0.29) is 24.3 Å². The van der Waals surface area contributed by atoms with Gasteiger partial charge in [-0.3, -0.25) is 9.59 Å². The number of rotatable bonds is 9. The van der Waals surface area contributed by atoms with Gasteiger partial charge in [0.15, 0.2) is 5.82 Å². The van der Waals surface area contributed by atoms with Crippen molar-refractivity contribution in [1.82, 2.24) is 20.0 Å². The van der Waals surface area contributed by atoms with Gasteiger partial charge < -0.3 is 19.4 Å². The Morgan fingerprint density at radius 1 is 1.09 bits per heavy atom. The Morgan fingerprint density at radius 2 is 1.91 bits per heavy atom. The van der Waals surface area contributed by atoms with Gasteiger partial charge in [0.1, 0.15) is 5.75 Å². The van der Waals surface area contributed by atoms with Crippen molar-refractivity contribution in [3.8, 4) is 17.0 Å². The molecule has 1 aromatic heterocycles. The van der Waals surface area contributed by atoms with Gasteiger partial charge in [0.25, 0.3) is 0 Å². The third-order valence-corrected chi connectivity index (χ3v) is 6.10. The lowest BCUT2D eigenvalue weighted by atomic mass is 10.1. The molecule has 0 bridgehead atoms. The van der Waals surface area contributed by atoms with Gasteiger partial charge in [-0.15, -0.1) is 10.2 Å². The topological polar surface area (TPSA) is 78.9 Å². The molecule has 2 amide bonds. The molecule has 2 heterocycles. The van der Waals surface area contributed by atoms with Crippen molar-refractivity contribution >= 4 is 17.6 Å². The summed E-state index contributed by atoms with van der Waals surface area (Å²) in [4.78, 5) is 31.4. The summed E-state index contributed by atoms with van der Waals surface area (Å²) in [6.07, 6.45) is 2.74. The van der Waals surface area contributed by atoms with Gasteiger partial charge in [0.2, 0.25) is 11.8 Å². The molecule has 0 saturated carbocycles. The van der Waals surface area contributed by atoms with Crippen LogP contribution in [0.2, 0.25) is 0 Å². The highest BCUT2D eigenvalue weighted by Crippen LogP contribution is 2.23. The molecule has 1 fully saturated rings. The number of hydrogen-bond acceptors (Lipinski definition) is 6. The Labute approximate surface area is 202 Å². The summed E-state index contributed by atoms with van der Waals surface area (Å²) >= 11 is 0. The molecular weight excluding hydrogens is 430 g/mol. The third kappa shape index (κ3) is 6.68. The molecule has 2 aromatic rings. The molecule has 0 atom stereocenters. The highest BCUT2D eigenvalue weighted by Gasteiger charge is 2.25. The molecule has 0 spiro atoms. The van der Waals surface area contributed by atoms with Crippen LogP contribution in [0, 0.1) is 5.92 Å². The third-order valence-electron chi connectivity index (χ3n) is 6.10. The number of ether oxygens (including phenoxy) is 1. The van der Waals surface area contributed by atoms with Gasteiger partial charge in [-0.05, 0) is 37.1 Å². The normalized spacial score (nSPS) is 14.1. The molecule has 1 saturated heterocycles. The van der Waals surface area contributed by atoms with Crippen LogP contribution in [0.4, 0.5) is 5.82 Å². The van der Waals surface area contributed by atoms with Gasteiger partial charge in [-0.1, -0.05) is 39.3 Å². The molecule has 0 radical (unpaired) electrons. The monoisotopic (exact) mass is 467 g/mol. The summed E-state index contributed by atoms with van der Waals surface area (Å²) < 4.78 is 5.30.